The molecule has 0 aliphatic carbocycles. The first-order valence-electron chi connectivity index (χ1n) is 4.02. The molecule has 11 heavy (non-hydrogen) atoms. The Labute approximate surface area is 68.7 Å². The van der Waals surface area contributed by atoms with Crippen molar-refractivity contribution in [3.8, 4) is 0 Å². The summed E-state index contributed by atoms with van der Waals surface area (Å²) in [4.78, 5) is 15.8. The average molecular weight is 169 g/mol. The fourth-order valence-electron chi connectivity index (χ4n) is 1.26. The number of carbonyl (C=O) groups excluding carboxylic acids is 1. The molecule has 1 unspecified atom stereocenters. The van der Waals surface area contributed by atoms with E-state index in [2.05, 4.69) is 25.0 Å². The van der Waals surface area contributed by atoms with Gasteiger partial charge in [-0.05, 0) is 12.5 Å². The fraction of sp³-hybridized carbons (Fsp3) is 0.750. The van der Waals surface area contributed by atoms with Crippen molar-refractivity contribution in [1.29, 1.82) is 0 Å². The molecule has 0 fully saturated rings. The van der Waals surface area contributed by atoms with Gasteiger partial charge in [0.05, 0.1) is 5.71 Å². The lowest BCUT2D eigenvalue weighted by molar-refractivity contribution is -0.107. The topological polar surface area (TPSA) is 29.4 Å². The molecule has 2 nitrogen and oxygen atoms in total. The van der Waals surface area contributed by atoms with Gasteiger partial charge in [-0.15, -0.1) is 0 Å². The molecule has 0 N–H and O–H groups in total. The second kappa shape index (κ2) is 2.55. The summed E-state index contributed by atoms with van der Waals surface area (Å²) in [5.74, 6) is 0. The van der Waals surface area contributed by atoms with Crippen LogP contribution in [0, 0.1) is 0 Å². The molecule has 0 saturated carbocycles. The van der Waals surface area contributed by atoms with E-state index in [4.69, 9.17) is 0 Å². The maximum Gasteiger partial charge on any atom is 0.153 e. The minimum absolute atomic E-state index is 0.344. The van der Waals surface area contributed by atoms with Crippen molar-refractivity contribution >= 4 is 19.2 Å². The lowest BCUT2D eigenvalue weighted by atomic mass is 10.4. The Morgan fingerprint density at radius 2 is 2.09 bits per heavy atom. The van der Waals surface area contributed by atoms with Crippen LogP contribution in [0.2, 0.25) is 18.6 Å². The Balaban J connectivity index is 2.99. The Morgan fingerprint density at radius 3 is 2.55 bits per heavy atom. The van der Waals surface area contributed by atoms with Crippen LogP contribution >= 0.6 is 0 Å². The third-order valence-electron chi connectivity index (χ3n) is 2.75. The Bertz CT molecular complexity index is 220. The third-order valence-corrected chi connectivity index (χ3v) is 6.93. The van der Waals surface area contributed by atoms with Gasteiger partial charge in [0.1, 0.15) is 8.07 Å². The monoisotopic (exact) mass is 169 g/mol. The number of aliphatic imine (C=N–C) groups is 1. The number of hydrogen-bond donors (Lipinski definition) is 0. The predicted molar refractivity (Wildman–Crippen MR) is 49.9 cm³/mol. The molecular formula is C8H15NOSi. The quantitative estimate of drug-likeness (QED) is 0.507. The van der Waals surface area contributed by atoms with Gasteiger partial charge in [0.25, 0.3) is 0 Å². The summed E-state index contributed by atoms with van der Waals surface area (Å²) in [5.41, 5.74) is 1.26. The minimum atomic E-state index is -1.63. The molecule has 0 aromatic rings. The molecule has 0 bridgehead atoms. The molecule has 1 heterocycles. The third kappa shape index (κ3) is 1.29. The van der Waals surface area contributed by atoms with Crippen molar-refractivity contribution in [3.63, 3.8) is 0 Å². The van der Waals surface area contributed by atoms with E-state index in [9.17, 15) is 4.79 Å². The smallest absolute Gasteiger partial charge is 0.153 e. The zero-order chi connectivity index (χ0) is 8.65. The molecule has 1 atom stereocenters. The first-order chi connectivity index (χ1) is 4.96. The van der Waals surface area contributed by atoms with Gasteiger partial charge in [-0.2, -0.15) is 0 Å². The summed E-state index contributed by atoms with van der Waals surface area (Å²) >= 11 is 0. The first-order valence-corrected chi connectivity index (χ1v) is 7.10. The molecule has 0 aromatic heterocycles. The van der Waals surface area contributed by atoms with Crippen LogP contribution in [0.3, 0.4) is 0 Å². The molecular weight excluding hydrogens is 154 g/mol. The van der Waals surface area contributed by atoms with Crippen LogP contribution in [0.4, 0.5) is 0 Å². The summed E-state index contributed by atoms with van der Waals surface area (Å²) < 4.78 is 0. The number of carbonyl (C=O) groups is 1. The first kappa shape index (κ1) is 8.65. The number of rotatable bonds is 0. The van der Waals surface area contributed by atoms with E-state index >= 15 is 0 Å². The Morgan fingerprint density at radius 1 is 1.55 bits per heavy atom. The van der Waals surface area contributed by atoms with Gasteiger partial charge in [0, 0.05) is 6.54 Å². The normalized spacial score (nSPS) is 30.0. The summed E-state index contributed by atoms with van der Waals surface area (Å²) in [5, 5.41) is 0.344. The summed E-state index contributed by atoms with van der Waals surface area (Å²) in [6.45, 7) is 9.11. The highest BCUT2D eigenvalue weighted by atomic mass is 28.3. The molecule has 1 rings (SSSR count). The Hall–Kier alpha value is -0.443. The average Bonchev–Trinajstić information content (AvgIpc) is 1.95. The molecule has 0 amide bonds. The molecule has 0 spiro atoms. The van der Waals surface area contributed by atoms with Crippen LogP contribution in [0.1, 0.15) is 13.8 Å². The highest BCUT2D eigenvalue weighted by Gasteiger charge is 2.40. The minimum Gasteiger partial charge on any atom is -0.299 e. The van der Waals surface area contributed by atoms with Gasteiger partial charge in [-0.25, -0.2) is 0 Å². The SMILES string of the molecule is CC1=NCC(C)[Si](C)(C)C1=O. The zero-order valence-corrected chi connectivity index (χ0v) is 8.64. The van der Waals surface area contributed by atoms with E-state index in [-0.39, 0.29) is 0 Å². The van der Waals surface area contributed by atoms with Crippen molar-refractivity contribution < 1.29 is 4.79 Å². The largest absolute Gasteiger partial charge is 0.299 e. The van der Waals surface area contributed by atoms with Crippen LogP contribution in [-0.4, -0.2) is 25.7 Å². The van der Waals surface area contributed by atoms with E-state index in [0.29, 0.717) is 10.9 Å². The molecule has 0 saturated heterocycles. The standard InChI is InChI=1S/C8H15NOSi/c1-6-5-9-7(2)8(10)11(6,3)4/h6H,5H2,1-4H3. The molecule has 0 aromatic carbocycles. The maximum atomic E-state index is 11.6. The van der Waals surface area contributed by atoms with Gasteiger partial charge in [-0.1, -0.05) is 20.0 Å². The van der Waals surface area contributed by atoms with Crippen LogP contribution in [-0.2, 0) is 4.79 Å². The molecule has 62 valence electrons. The predicted octanol–water partition coefficient (Wildman–Crippen LogP) is 1.67. The molecule has 1 aliphatic rings. The fourth-order valence-corrected chi connectivity index (χ4v) is 3.27. The highest BCUT2D eigenvalue weighted by molar-refractivity contribution is 7.13. The van der Waals surface area contributed by atoms with E-state index in [0.717, 1.165) is 12.3 Å². The number of hydrogen-bond acceptors (Lipinski definition) is 2. The highest BCUT2D eigenvalue weighted by Crippen LogP contribution is 2.26. The summed E-state index contributed by atoms with van der Waals surface area (Å²) in [6, 6.07) is 0. The van der Waals surface area contributed by atoms with E-state index in [1.165, 1.54) is 0 Å². The second-order valence-corrected chi connectivity index (χ2v) is 8.76. The molecule has 3 heteroatoms. The lowest BCUT2D eigenvalue weighted by Crippen LogP contribution is -2.48. The van der Waals surface area contributed by atoms with Crippen molar-refractivity contribution in [2.24, 2.45) is 4.99 Å². The summed E-state index contributed by atoms with van der Waals surface area (Å²) in [7, 11) is -1.63. The van der Waals surface area contributed by atoms with Gasteiger partial charge in [-0.3, -0.25) is 9.79 Å². The molecule has 0 radical (unpaired) electrons. The Kier molecular flexibility index (Phi) is 2.01. The lowest BCUT2D eigenvalue weighted by Gasteiger charge is -2.30. The van der Waals surface area contributed by atoms with Crippen molar-refractivity contribution in [1.82, 2.24) is 0 Å². The summed E-state index contributed by atoms with van der Waals surface area (Å²) in [6.07, 6.45) is 0. The van der Waals surface area contributed by atoms with Crippen LogP contribution in [0.5, 0.6) is 0 Å². The van der Waals surface area contributed by atoms with E-state index in [1.54, 1.807) is 0 Å². The van der Waals surface area contributed by atoms with Crippen LogP contribution in [0.15, 0.2) is 4.99 Å². The maximum absolute atomic E-state index is 11.6. The number of nitrogens with zero attached hydrogens (tertiary/aromatic N) is 1. The van der Waals surface area contributed by atoms with E-state index in [1.807, 2.05) is 6.92 Å². The van der Waals surface area contributed by atoms with Crippen LogP contribution < -0.4 is 0 Å². The molecule has 1 aliphatic heterocycles. The van der Waals surface area contributed by atoms with Gasteiger partial charge in [0.2, 0.25) is 0 Å². The van der Waals surface area contributed by atoms with E-state index < -0.39 is 8.07 Å². The van der Waals surface area contributed by atoms with Gasteiger partial charge in [0.15, 0.2) is 5.41 Å². The van der Waals surface area contributed by atoms with Gasteiger partial charge >= 0.3 is 0 Å². The van der Waals surface area contributed by atoms with Crippen LogP contribution in [0.25, 0.3) is 0 Å². The van der Waals surface area contributed by atoms with Crippen molar-refractivity contribution in [2.45, 2.75) is 32.5 Å². The van der Waals surface area contributed by atoms with Crippen molar-refractivity contribution in [3.05, 3.63) is 0 Å². The van der Waals surface area contributed by atoms with Crippen molar-refractivity contribution in [2.75, 3.05) is 6.54 Å². The second-order valence-electron chi connectivity index (χ2n) is 3.88. The zero-order valence-electron chi connectivity index (χ0n) is 7.64. The van der Waals surface area contributed by atoms with Gasteiger partial charge < -0.3 is 0 Å².